The van der Waals surface area contributed by atoms with E-state index in [4.69, 9.17) is 25.7 Å². The van der Waals surface area contributed by atoms with E-state index in [-0.39, 0.29) is 18.3 Å². The van der Waals surface area contributed by atoms with E-state index in [1.165, 1.54) is 5.56 Å². The fourth-order valence-corrected chi connectivity index (χ4v) is 4.50. The van der Waals surface area contributed by atoms with E-state index in [9.17, 15) is 4.79 Å². The van der Waals surface area contributed by atoms with E-state index < -0.39 is 0 Å². The first-order valence-corrected chi connectivity index (χ1v) is 11.5. The van der Waals surface area contributed by atoms with E-state index in [0.29, 0.717) is 22.2 Å². The molecule has 0 aliphatic heterocycles. The lowest BCUT2D eigenvalue weighted by Crippen LogP contribution is -2.10. The van der Waals surface area contributed by atoms with Crippen molar-refractivity contribution in [1.29, 1.82) is 0 Å². The normalized spacial score (nSPS) is 11.0. The number of carbonyl (C=O) groups is 1. The van der Waals surface area contributed by atoms with Gasteiger partial charge in [0.15, 0.2) is 5.76 Å². The first-order chi connectivity index (χ1) is 16.0. The van der Waals surface area contributed by atoms with Crippen LogP contribution in [0.25, 0.3) is 20.8 Å². The first kappa shape index (κ1) is 21.2. The summed E-state index contributed by atoms with van der Waals surface area (Å²) >= 11 is 7.53. The zero-order chi connectivity index (χ0) is 22.8. The van der Waals surface area contributed by atoms with Gasteiger partial charge in [0.2, 0.25) is 0 Å². The van der Waals surface area contributed by atoms with Crippen molar-refractivity contribution in [1.82, 2.24) is 4.98 Å². The molecule has 5 nitrogen and oxygen atoms in total. The molecule has 0 unspecified atom stereocenters. The molecule has 1 N–H and O–H groups in total. The second-order valence-electron chi connectivity index (χ2n) is 7.53. The average molecular weight is 475 g/mol. The summed E-state index contributed by atoms with van der Waals surface area (Å²) in [6, 6.07) is 24.3. The van der Waals surface area contributed by atoms with E-state index in [1.807, 2.05) is 30.3 Å². The van der Waals surface area contributed by atoms with Gasteiger partial charge in [-0.1, -0.05) is 17.7 Å². The average Bonchev–Trinajstić information content (AvgIpc) is 3.46. The minimum atomic E-state index is -0.323. The third-order valence-corrected chi connectivity index (χ3v) is 6.33. The Hall–Kier alpha value is -3.61. The number of aryl methyl sites for hydroxylation is 1. The maximum Gasteiger partial charge on any atom is 0.291 e. The fourth-order valence-electron chi connectivity index (χ4n) is 3.31. The predicted octanol–water partition coefficient (Wildman–Crippen LogP) is 7.35. The van der Waals surface area contributed by atoms with Crippen molar-refractivity contribution < 1.29 is 13.9 Å². The number of ether oxygens (including phenoxy) is 1. The van der Waals surface area contributed by atoms with Crippen molar-refractivity contribution in [2.75, 3.05) is 5.32 Å². The van der Waals surface area contributed by atoms with Crippen LogP contribution in [0.3, 0.4) is 0 Å². The van der Waals surface area contributed by atoms with Gasteiger partial charge in [-0.05, 0) is 85.3 Å². The number of anilines is 1. The van der Waals surface area contributed by atoms with Crippen molar-refractivity contribution in [3.8, 4) is 16.3 Å². The molecule has 33 heavy (non-hydrogen) atoms. The molecule has 1 amide bonds. The van der Waals surface area contributed by atoms with E-state index >= 15 is 0 Å². The van der Waals surface area contributed by atoms with Gasteiger partial charge >= 0.3 is 0 Å². The number of carbonyl (C=O) groups excluding carboxylic acids is 1. The lowest BCUT2D eigenvalue weighted by Gasteiger charge is -2.05. The number of nitrogens with zero attached hydrogens (tertiary/aromatic N) is 1. The van der Waals surface area contributed by atoms with E-state index in [1.54, 1.807) is 47.7 Å². The number of hydrogen-bond donors (Lipinski definition) is 1. The molecule has 0 radical (unpaired) electrons. The Bertz CT molecular complexity index is 1420. The summed E-state index contributed by atoms with van der Waals surface area (Å²) in [5.74, 6) is 1.12. The van der Waals surface area contributed by atoms with Crippen LogP contribution in [-0.4, -0.2) is 10.9 Å². The van der Waals surface area contributed by atoms with Crippen LogP contribution in [0.1, 0.15) is 21.9 Å². The second kappa shape index (κ2) is 9.10. The molecule has 5 rings (SSSR count). The van der Waals surface area contributed by atoms with Crippen LogP contribution in [0.4, 0.5) is 5.69 Å². The van der Waals surface area contributed by atoms with Gasteiger partial charge in [-0.2, -0.15) is 0 Å². The lowest BCUT2D eigenvalue weighted by atomic mass is 10.2. The molecular formula is C26H19ClN2O3S. The highest BCUT2D eigenvalue weighted by Crippen LogP contribution is 2.31. The number of halogens is 1. The van der Waals surface area contributed by atoms with Gasteiger partial charge in [-0.3, -0.25) is 4.79 Å². The van der Waals surface area contributed by atoms with E-state index in [2.05, 4.69) is 24.4 Å². The topological polar surface area (TPSA) is 64.4 Å². The molecule has 0 aliphatic rings. The Kier molecular flexibility index (Phi) is 5.86. The number of fused-ring (bicyclic) bond motifs is 1. The monoisotopic (exact) mass is 474 g/mol. The Morgan fingerprint density at radius 3 is 2.61 bits per heavy atom. The SMILES string of the molecule is Cc1ccc2nc(-c3ccc(NC(=O)c4ccc(COc5ccc(Cl)cc5)o4)cc3)sc2c1. The smallest absolute Gasteiger partial charge is 0.291 e. The molecule has 0 saturated carbocycles. The Morgan fingerprint density at radius 2 is 1.82 bits per heavy atom. The summed E-state index contributed by atoms with van der Waals surface area (Å²) in [6.07, 6.45) is 0. The number of nitrogens with one attached hydrogen (secondary N) is 1. The van der Waals surface area contributed by atoms with Crippen molar-refractivity contribution in [3.05, 3.63) is 101 Å². The van der Waals surface area contributed by atoms with Gasteiger partial charge in [0.1, 0.15) is 23.1 Å². The highest BCUT2D eigenvalue weighted by atomic mass is 35.5. The maximum atomic E-state index is 12.6. The Morgan fingerprint density at radius 1 is 1.03 bits per heavy atom. The zero-order valence-corrected chi connectivity index (χ0v) is 19.2. The highest BCUT2D eigenvalue weighted by Gasteiger charge is 2.13. The van der Waals surface area contributed by atoms with Crippen molar-refractivity contribution in [2.45, 2.75) is 13.5 Å². The number of aromatic nitrogens is 1. The summed E-state index contributed by atoms with van der Waals surface area (Å²) in [7, 11) is 0. The Labute approximate surface area is 199 Å². The molecule has 0 bridgehead atoms. The minimum Gasteiger partial charge on any atom is -0.486 e. The van der Waals surface area contributed by atoms with Crippen LogP contribution in [0.15, 0.2) is 83.3 Å². The van der Waals surface area contributed by atoms with Crippen LogP contribution in [0.5, 0.6) is 5.75 Å². The molecular weight excluding hydrogens is 456 g/mol. The maximum absolute atomic E-state index is 12.6. The molecule has 0 fully saturated rings. The van der Waals surface area contributed by atoms with Gasteiger partial charge in [-0.25, -0.2) is 4.98 Å². The molecule has 5 aromatic rings. The number of hydrogen-bond acceptors (Lipinski definition) is 5. The molecule has 0 spiro atoms. The fraction of sp³-hybridized carbons (Fsp3) is 0.0769. The molecule has 0 saturated heterocycles. The second-order valence-corrected chi connectivity index (χ2v) is 9.00. The van der Waals surface area contributed by atoms with Crippen LogP contribution in [0.2, 0.25) is 5.02 Å². The molecule has 2 aromatic heterocycles. The van der Waals surface area contributed by atoms with Gasteiger partial charge < -0.3 is 14.5 Å². The van der Waals surface area contributed by atoms with Gasteiger partial charge in [0.25, 0.3) is 5.91 Å². The predicted molar refractivity (Wildman–Crippen MR) is 132 cm³/mol. The van der Waals surface area contributed by atoms with Gasteiger partial charge in [0.05, 0.1) is 10.2 Å². The van der Waals surface area contributed by atoms with Crippen LogP contribution >= 0.6 is 22.9 Å². The third-order valence-electron chi connectivity index (χ3n) is 5.01. The van der Waals surface area contributed by atoms with Crippen LogP contribution in [0, 0.1) is 6.92 Å². The number of benzene rings is 3. The highest BCUT2D eigenvalue weighted by molar-refractivity contribution is 7.21. The lowest BCUT2D eigenvalue weighted by molar-refractivity contribution is 0.0992. The van der Waals surface area contributed by atoms with Crippen LogP contribution < -0.4 is 10.1 Å². The summed E-state index contributed by atoms with van der Waals surface area (Å²) < 4.78 is 12.4. The quantitative estimate of drug-likeness (QED) is 0.279. The molecule has 0 aliphatic carbocycles. The van der Waals surface area contributed by atoms with Crippen molar-refractivity contribution >= 4 is 44.7 Å². The van der Waals surface area contributed by atoms with E-state index in [0.717, 1.165) is 20.8 Å². The molecule has 0 atom stereocenters. The zero-order valence-electron chi connectivity index (χ0n) is 17.7. The Balaban J connectivity index is 1.22. The third kappa shape index (κ3) is 4.92. The standard InChI is InChI=1S/C26H19ClN2O3S/c1-16-2-12-22-24(14-16)33-26(29-22)17-3-7-19(8-4-17)28-25(30)23-13-11-21(32-23)15-31-20-9-5-18(27)6-10-20/h2-14H,15H2,1H3,(H,28,30). The van der Waals surface area contributed by atoms with Crippen molar-refractivity contribution in [2.24, 2.45) is 0 Å². The molecule has 7 heteroatoms. The molecule has 3 aromatic carbocycles. The number of amides is 1. The summed E-state index contributed by atoms with van der Waals surface area (Å²) in [4.78, 5) is 17.3. The number of furan rings is 1. The first-order valence-electron chi connectivity index (χ1n) is 10.3. The molecule has 2 heterocycles. The van der Waals surface area contributed by atoms with Gasteiger partial charge in [-0.15, -0.1) is 11.3 Å². The summed E-state index contributed by atoms with van der Waals surface area (Å²) in [5.41, 5.74) is 3.89. The largest absolute Gasteiger partial charge is 0.486 e. The molecule has 164 valence electrons. The number of thiazole rings is 1. The van der Waals surface area contributed by atoms with Crippen molar-refractivity contribution in [3.63, 3.8) is 0 Å². The van der Waals surface area contributed by atoms with Gasteiger partial charge in [0, 0.05) is 16.3 Å². The number of rotatable bonds is 6. The minimum absolute atomic E-state index is 0.214. The summed E-state index contributed by atoms with van der Waals surface area (Å²) in [6.45, 7) is 2.29. The summed E-state index contributed by atoms with van der Waals surface area (Å²) in [5, 5.41) is 4.45. The van der Waals surface area contributed by atoms with Crippen LogP contribution in [-0.2, 0) is 6.61 Å².